The fraction of sp³-hybridized carbons (Fsp3) is 0.882. The lowest BCUT2D eigenvalue weighted by Gasteiger charge is -2.37. The van der Waals surface area contributed by atoms with E-state index in [9.17, 15) is 14.7 Å². The summed E-state index contributed by atoms with van der Waals surface area (Å²) in [6, 6.07) is 0. The van der Waals surface area contributed by atoms with Crippen molar-refractivity contribution in [1.82, 2.24) is 4.90 Å². The summed E-state index contributed by atoms with van der Waals surface area (Å²) in [4.78, 5) is 25.9. The lowest BCUT2D eigenvalue weighted by Crippen LogP contribution is -2.45. The second-order valence-corrected chi connectivity index (χ2v) is 7.07. The number of likely N-dealkylation sites (tertiary alicyclic amines) is 1. The topological polar surface area (TPSA) is 66.8 Å². The van der Waals surface area contributed by atoms with Crippen molar-refractivity contribution in [3.05, 3.63) is 0 Å². The highest BCUT2D eigenvalue weighted by molar-refractivity contribution is 5.79. The number of carbonyl (C=O) groups is 2. The number of rotatable bonds is 3. The first-order chi connectivity index (χ1) is 10.7. The van der Waals surface area contributed by atoms with Gasteiger partial charge in [-0.2, -0.15) is 0 Å². The summed E-state index contributed by atoms with van der Waals surface area (Å²) < 4.78 is 5.69. The van der Waals surface area contributed by atoms with E-state index in [1.165, 1.54) is 19.3 Å². The van der Waals surface area contributed by atoms with Crippen molar-refractivity contribution >= 4 is 11.9 Å². The zero-order valence-electron chi connectivity index (χ0n) is 13.2. The zero-order valence-corrected chi connectivity index (χ0v) is 13.2. The first-order valence-electron chi connectivity index (χ1n) is 8.80. The summed E-state index contributed by atoms with van der Waals surface area (Å²) in [6.45, 7) is 2.10. The molecular formula is C17H27NO4. The van der Waals surface area contributed by atoms with Gasteiger partial charge < -0.3 is 14.7 Å². The summed E-state index contributed by atoms with van der Waals surface area (Å²) in [5.74, 6) is -0.229. The number of carbonyl (C=O) groups excluding carboxylic acids is 1. The van der Waals surface area contributed by atoms with Crippen LogP contribution in [0.5, 0.6) is 0 Å². The Morgan fingerprint density at radius 2 is 1.64 bits per heavy atom. The van der Waals surface area contributed by atoms with E-state index in [1.807, 2.05) is 4.90 Å². The average Bonchev–Trinajstić information content (AvgIpc) is 3.05. The quantitative estimate of drug-likeness (QED) is 0.868. The van der Waals surface area contributed by atoms with Crippen LogP contribution in [0.2, 0.25) is 0 Å². The van der Waals surface area contributed by atoms with Gasteiger partial charge in [0.05, 0.1) is 12.0 Å². The largest absolute Gasteiger partial charge is 0.481 e. The molecule has 3 fully saturated rings. The average molecular weight is 309 g/mol. The molecule has 0 aromatic heterocycles. The summed E-state index contributed by atoms with van der Waals surface area (Å²) in [6.07, 6.45) is 7.97. The number of nitrogens with zero attached hydrogens (tertiary/aromatic N) is 1. The molecule has 0 bridgehead atoms. The van der Waals surface area contributed by atoms with E-state index in [2.05, 4.69) is 0 Å². The number of carboxylic acid groups (broad SMARTS) is 1. The normalized spacial score (nSPS) is 31.4. The van der Waals surface area contributed by atoms with Gasteiger partial charge >= 0.3 is 5.97 Å². The molecule has 22 heavy (non-hydrogen) atoms. The van der Waals surface area contributed by atoms with Crippen molar-refractivity contribution < 1.29 is 19.4 Å². The molecule has 2 aliphatic heterocycles. The maximum Gasteiger partial charge on any atom is 0.309 e. The Bertz CT molecular complexity index is 411. The molecule has 3 aliphatic rings. The van der Waals surface area contributed by atoms with E-state index in [-0.39, 0.29) is 17.9 Å². The van der Waals surface area contributed by atoms with Crippen LogP contribution in [0, 0.1) is 17.8 Å². The Morgan fingerprint density at radius 1 is 0.955 bits per heavy atom. The molecule has 1 aliphatic carbocycles. The minimum absolute atomic E-state index is 0.149. The number of aliphatic carboxylic acids is 1. The minimum atomic E-state index is -0.733. The molecule has 1 N–H and O–H groups in total. The zero-order chi connectivity index (χ0) is 15.5. The van der Waals surface area contributed by atoms with E-state index in [1.54, 1.807) is 0 Å². The molecule has 0 aromatic carbocycles. The highest BCUT2D eigenvalue weighted by Gasteiger charge is 2.41. The van der Waals surface area contributed by atoms with Crippen LogP contribution in [0.3, 0.4) is 0 Å². The van der Waals surface area contributed by atoms with Gasteiger partial charge in [0.1, 0.15) is 0 Å². The fourth-order valence-electron chi connectivity index (χ4n) is 4.40. The van der Waals surface area contributed by atoms with Gasteiger partial charge in [-0.15, -0.1) is 0 Å². The van der Waals surface area contributed by atoms with Crippen molar-refractivity contribution in [3.63, 3.8) is 0 Å². The van der Waals surface area contributed by atoms with Gasteiger partial charge in [0, 0.05) is 25.6 Å². The molecule has 1 saturated carbocycles. The molecule has 3 rings (SSSR count). The Kier molecular flexibility index (Phi) is 5.01. The number of amides is 1. The molecule has 5 nitrogen and oxygen atoms in total. The molecule has 1 unspecified atom stereocenters. The second kappa shape index (κ2) is 6.99. The number of carboxylic acids is 1. The van der Waals surface area contributed by atoms with Crippen molar-refractivity contribution in [2.45, 2.75) is 57.5 Å². The van der Waals surface area contributed by atoms with Gasteiger partial charge in [-0.1, -0.05) is 19.3 Å². The fourth-order valence-corrected chi connectivity index (χ4v) is 4.40. The Balaban J connectivity index is 1.51. The van der Waals surface area contributed by atoms with Crippen LogP contribution < -0.4 is 0 Å². The van der Waals surface area contributed by atoms with Crippen molar-refractivity contribution in [1.29, 1.82) is 0 Å². The molecular weight excluding hydrogens is 282 g/mol. The lowest BCUT2D eigenvalue weighted by molar-refractivity contribution is -0.146. The third-order valence-electron chi connectivity index (χ3n) is 5.72. The monoisotopic (exact) mass is 309 g/mol. The number of ether oxygens (including phenoxy) is 1. The van der Waals surface area contributed by atoms with Crippen LogP contribution in [0.25, 0.3) is 0 Å². The smallest absolute Gasteiger partial charge is 0.309 e. The van der Waals surface area contributed by atoms with Crippen LogP contribution in [0.15, 0.2) is 0 Å². The maximum absolute atomic E-state index is 12.6. The first-order valence-corrected chi connectivity index (χ1v) is 8.80. The van der Waals surface area contributed by atoms with Crippen molar-refractivity contribution in [2.24, 2.45) is 17.8 Å². The van der Waals surface area contributed by atoms with E-state index in [4.69, 9.17) is 4.74 Å². The van der Waals surface area contributed by atoms with Crippen LogP contribution in [-0.2, 0) is 14.3 Å². The predicted octanol–water partition coefficient (Wildman–Crippen LogP) is 2.29. The summed E-state index contributed by atoms with van der Waals surface area (Å²) in [5, 5.41) is 9.28. The van der Waals surface area contributed by atoms with E-state index in [0.717, 1.165) is 38.8 Å². The summed E-state index contributed by atoms with van der Waals surface area (Å²) >= 11 is 0. The third kappa shape index (κ3) is 3.29. The molecule has 2 heterocycles. The van der Waals surface area contributed by atoms with E-state index >= 15 is 0 Å². The number of piperidine rings is 1. The molecule has 0 spiro atoms. The van der Waals surface area contributed by atoms with Crippen molar-refractivity contribution in [2.75, 3.05) is 19.7 Å². The second-order valence-electron chi connectivity index (χ2n) is 7.07. The number of hydrogen-bond acceptors (Lipinski definition) is 3. The SMILES string of the molecule is O=C(O)C1CCO[C@H]1C1CCN(C(=O)C2CCCCC2)CC1. The molecule has 0 aromatic rings. The minimum Gasteiger partial charge on any atom is -0.481 e. The van der Waals surface area contributed by atoms with E-state index in [0.29, 0.717) is 24.9 Å². The van der Waals surface area contributed by atoms with E-state index < -0.39 is 5.97 Å². The summed E-state index contributed by atoms with van der Waals surface area (Å²) in [5.41, 5.74) is 0. The molecule has 0 radical (unpaired) electrons. The Hall–Kier alpha value is -1.10. The standard InChI is InChI=1S/C17H27NO4/c19-16(13-4-2-1-3-5-13)18-9-6-12(7-10-18)15-14(17(20)21)8-11-22-15/h12-15H,1-11H2,(H,20,21)/t14?,15-/m0/s1. The lowest BCUT2D eigenvalue weighted by atomic mass is 9.83. The van der Waals surface area contributed by atoms with Gasteiger partial charge in [0.15, 0.2) is 0 Å². The third-order valence-corrected chi connectivity index (χ3v) is 5.72. The highest BCUT2D eigenvalue weighted by Crippen LogP contribution is 2.34. The maximum atomic E-state index is 12.6. The number of hydrogen-bond donors (Lipinski definition) is 1. The molecule has 5 heteroatoms. The molecule has 1 amide bonds. The predicted molar refractivity (Wildman–Crippen MR) is 81.4 cm³/mol. The highest BCUT2D eigenvalue weighted by atomic mass is 16.5. The van der Waals surface area contributed by atoms with Crippen LogP contribution in [0.1, 0.15) is 51.4 Å². The molecule has 124 valence electrons. The first kappa shape index (κ1) is 15.8. The Labute approximate surface area is 132 Å². The van der Waals surface area contributed by atoms with Crippen molar-refractivity contribution in [3.8, 4) is 0 Å². The molecule has 2 atom stereocenters. The summed E-state index contributed by atoms with van der Waals surface area (Å²) in [7, 11) is 0. The van der Waals surface area contributed by atoms with Gasteiger partial charge in [0.25, 0.3) is 0 Å². The Morgan fingerprint density at radius 3 is 2.27 bits per heavy atom. The van der Waals surface area contributed by atoms with Crippen LogP contribution >= 0.6 is 0 Å². The molecule has 2 saturated heterocycles. The van der Waals surface area contributed by atoms with Gasteiger partial charge in [-0.25, -0.2) is 0 Å². The van der Waals surface area contributed by atoms with Crippen LogP contribution in [0.4, 0.5) is 0 Å². The van der Waals surface area contributed by atoms with Gasteiger partial charge in [0.2, 0.25) is 5.91 Å². The van der Waals surface area contributed by atoms with Gasteiger partial charge in [-0.05, 0) is 38.0 Å². The van der Waals surface area contributed by atoms with Gasteiger partial charge in [-0.3, -0.25) is 9.59 Å². The van der Waals surface area contributed by atoms with Crippen LogP contribution in [-0.4, -0.2) is 47.7 Å².